The summed E-state index contributed by atoms with van der Waals surface area (Å²) in [5.74, 6) is 1.19. The summed E-state index contributed by atoms with van der Waals surface area (Å²) in [6.45, 7) is 0. The maximum atomic E-state index is 9.99. The second-order valence-electron chi connectivity index (χ2n) is 1.67. The van der Waals surface area contributed by atoms with Crippen molar-refractivity contribution in [3.05, 3.63) is 0 Å². The van der Waals surface area contributed by atoms with E-state index in [4.69, 9.17) is 5.11 Å². The zero-order valence-corrected chi connectivity index (χ0v) is 6.82. The van der Waals surface area contributed by atoms with Crippen LogP contribution in [0.1, 0.15) is 0 Å². The fraction of sp³-hybridized carbons (Fsp3) is 0.600. The van der Waals surface area contributed by atoms with Gasteiger partial charge >= 0.3 is 5.97 Å². The fourth-order valence-electron chi connectivity index (χ4n) is 0.557. The van der Waals surface area contributed by atoms with Gasteiger partial charge in [-0.05, 0) is 0 Å². The van der Waals surface area contributed by atoms with Crippen LogP contribution in [0.2, 0.25) is 0 Å². The van der Waals surface area contributed by atoms with Gasteiger partial charge in [0.2, 0.25) is 0 Å². The Morgan fingerprint density at radius 1 is 1.60 bits per heavy atom. The predicted octanol–water partition coefficient (Wildman–Crippen LogP) is 0.905. The summed E-state index contributed by atoms with van der Waals surface area (Å²) in [5, 5.41) is 8.21. The van der Waals surface area contributed by atoms with E-state index in [1.165, 1.54) is 0 Å². The number of thioether (sulfide) groups is 2. The molecule has 0 aromatic carbocycles. The van der Waals surface area contributed by atoms with Crippen molar-refractivity contribution in [3.8, 4) is 0 Å². The Bertz CT molecular complexity index is 154. The van der Waals surface area contributed by atoms with Crippen molar-refractivity contribution in [2.45, 2.75) is 4.71 Å². The topological polar surface area (TPSA) is 49.7 Å². The molecule has 0 atom stereocenters. The Morgan fingerprint density at radius 2 is 2.20 bits per heavy atom. The molecule has 1 saturated heterocycles. The van der Waals surface area contributed by atoms with Gasteiger partial charge in [0.05, 0.1) is 0 Å². The van der Waals surface area contributed by atoms with Crippen LogP contribution in [-0.4, -0.2) is 33.5 Å². The average Bonchev–Trinajstić information content (AvgIpc) is 2.34. The van der Waals surface area contributed by atoms with Crippen LogP contribution < -0.4 is 0 Å². The van der Waals surface area contributed by atoms with Gasteiger partial charge in [-0.1, -0.05) is 0 Å². The molecule has 56 valence electrons. The van der Waals surface area contributed by atoms with Gasteiger partial charge in [0.1, 0.15) is 10.9 Å². The number of hydrogen-bond donors (Lipinski definition) is 1. The van der Waals surface area contributed by atoms with Crippen LogP contribution in [0.3, 0.4) is 0 Å². The van der Waals surface area contributed by atoms with Gasteiger partial charge in [-0.2, -0.15) is 0 Å². The summed E-state index contributed by atoms with van der Waals surface area (Å²) in [6.07, 6.45) is 0.968. The standard InChI is InChI=1S/C5H7NO2S2/c7-4(8)3-6-5-9-1-2-10-5/h3,5H,1-2H2,(H,7,8). The lowest BCUT2D eigenvalue weighted by molar-refractivity contribution is -0.128. The second kappa shape index (κ2) is 3.88. The minimum atomic E-state index is -0.965. The van der Waals surface area contributed by atoms with E-state index in [1.54, 1.807) is 23.5 Å². The lowest BCUT2D eigenvalue weighted by Crippen LogP contribution is -1.97. The maximum absolute atomic E-state index is 9.99. The number of nitrogens with zero attached hydrogens (tertiary/aromatic N) is 1. The zero-order chi connectivity index (χ0) is 7.40. The summed E-state index contributed by atoms with van der Waals surface area (Å²) >= 11 is 3.37. The minimum Gasteiger partial charge on any atom is -0.477 e. The molecule has 0 bridgehead atoms. The highest BCUT2D eigenvalue weighted by Gasteiger charge is 2.13. The molecule has 1 rings (SSSR count). The van der Waals surface area contributed by atoms with Crippen molar-refractivity contribution >= 4 is 35.7 Å². The molecule has 5 heteroatoms. The van der Waals surface area contributed by atoms with Crippen LogP contribution in [-0.2, 0) is 4.79 Å². The highest BCUT2D eigenvalue weighted by Crippen LogP contribution is 2.32. The number of aliphatic carboxylic acids is 1. The van der Waals surface area contributed by atoms with Crippen molar-refractivity contribution in [1.29, 1.82) is 0 Å². The Morgan fingerprint density at radius 3 is 2.70 bits per heavy atom. The molecular weight excluding hydrogens is 170 g/mol. The quantitative estimate of drug-likeness (QED) is 0.637. The molecule has 0 aromatic rings. The van der Waals surface area contributed by atoms with Crippen molar-refractivity contribution < 1.29 is 9.90 Å². The third-order valence-corrected chi connectivity index (χ3v) is 3.68. The molecule has 10 heavy (non-hydrogen) atoms. The molecule has 1 aliphatic heterocycles. The Kier molecular flexibility index (Phi) is 3.08. The summed E-state index contributed by atoms with van der Waals surface area (Å²) in [7, 11) is 0. The largest absolute Gasteiger partial charge is 0.477 e. The van der Waals surface area contributed by atoms with Crippen molar-refractivity contribution in [2.24, 2.45) is 4.99 Å². The van der Waals surface area contributed by atoms with Crippen LogP contribution in [0.5, 0.6) is 0 Å². The molecular formula is C5H7NO2S2. The molecule has 1 N–H and O–H groups in total. The molecule has 3 nitrogen and oxygen atoms in total. The van der Waals surface area contributed by atoms with Crippen molar-refractivity contribution in [3.63, 3.8) is 0 Å². The monoisotopic (exact) mass is 177 g/mol. The number of carboxylic acids is 1. The van der Waals surface area contributed by atoms with Crippen LogP contribution in [0, 0.1) is 0 Å². The van der Waals surface area contributed by atoms with E-state index in [9.17, 15) is 4.79 Å². The molecule has 0 unspecified atom stereocenters. The van der Waals surface area contributed by atoms with Gasteiger partial charge in [-0.3, -0.25) is 4.99 Å². The van der Waals surface area contributed by atoms with Crippen LogP contribution in [0.15, 0.2) is 4.99 Å². The first kappa shape index (κ1) is 7.94. The molecule has 0 aromatic heterocycles. The first-order valence-electron chi connectivity index (χ1n) is 2.78. The van der Waals surface area contributed by atoms with E-state index < -0.39 is 5.97 Å². The Hall–Kier alpha value is -0.160. The molecule has 0 saturated carbocycles. The third kappa shape index (κ3) is 2.62. The third-order valence-electron chi connectivity index (χ3n) is 0.911. The van der Waals surface area contributed by atoms with Gasteiger partial charge in [0.15, 0.2) is 0 Å². The van der Waals surface area contributed by atoms with Gasteiger partial charge in [-0.25, -0.2) is 4.79 Å². The molecule has 1 aliphatic rings. The van der Waals surface area contributed by atoms with E-state index >= 15 is 0 Å². The average molecular weight is 177 g/mol. The zero-order valence-electron chi connectivity index (χ0n) is 5.19. The van der Waals surface area contributed by atoms with Gasteiger partial charge in [0, 0.05) is 11.5 Å². The number of carbonyl (C=O) groups is 1. The van der Waals surface area contributed by atoms with Gasteiger partial charge < -0.3 is 5.11 Å². The normalized spacial score (nSPS) is 20.4. The lowest BCUT2D eigenvalue weighted by Gasteiger charge is -1.96. The number of rotatable bonds is 2. The fourth-order valence-corrected chi connectivity index (χ4v) is 2.99. The molecule has 0 aliphatic carbocycles. The van der Waals surface area contributed by atoms with E-state index in [-0.39, 0.29) is 4.71 Å². The van der Waals surface area contributed by atoms with E-state index in [1.807, 2.05) is 0 Å². The van der Waals surface area contributed by atoms with Crippen LogP contribution in [0.4, 0.5) is 0 Å². The first-order valence-corrected chi connectivity index (χ1v) is 4.88. The SMILES string of the molecule is O=C(O)C=NC1SCCS1. The van der Waals surface area contributed by atoms with Gasteiger partial charge in [0.25, 0.3) is 0 Å². The molecule has 1 fully saturated rings. The maximum Gasteiger partial charge on any atom is 0.346 e. The number of aliphatic imine (C=N–C) groups is 1. The molecule has 0 radical (unpaired) electrons. The Labute approximate surface area is 67.3 Å². The summed E-state index contributed by atoms with van der Waals surface area (Å²) in [6, 6.07) is 0. The summed E-state index contributed by atoms with van der Waals surface area (Å²) < 4.78 is 0.121. The molecule has 1 heterocycles. The first-order chi connectivity index (χ1) is 4.79. The van der Waals surface area contributed by atoms with Crippen molar-refractivity contribution in [1.82, 2.24) is 0 Å². The lowest BCUT2D eigenvalue weighted by atomic mass is 10.8. The molecule has 0 amide bonds. The number of carboxylic acid groups (broad SMARTS) is 1. The second-order valence-corrected chi connectivity index (χ2v) is 4.34. The highest BCUT2D eigenvalue weighted by molar-refractivity contribution is 8.20. The summed E-state index contributed by atoms with van der Waals surface area (Å²) in [4.78, 5) is 13.8. The smallest absolute Gasteiger partial charge is 0.346 e. The summed E-state index contributed by atoms with van der Waals surface area (Å²) in [5.41, 5.74) is 0. The Balaban J connectivity index is 2.29. The van der Waals surface area contributed by atoms with Crippen LogP contribution in [0.25, 0.3) is 0 Å². The predicted molar refractivity (Wildman–Crippen MR) is 44.8 cm³/mol. The van der Waals surface area contributed by atoms with Crippen LogP contribution >= 0.6 is 23.5 Å². The van der Waals surface area contributed by atoms with E-state index in [2.05, 4.69) is 4.99 Å². The van der Waals surface area contributed by atoms with Crippen molar-refractivity contribution in [2.75, 3.05) is 11.5 Å². The number of hydrogen-bond acceptors (Lipinski definition) is 4. The highest BCUT2D eigenvalue weighted by atomic mass is 32.2. The van der Waals surface area contributed by atoms with E-state index in [0.717, 1.165) is 17.7 Å². The minimum absolute atomic E-state index is 0.121. The van der Waals surface area contributed by atoms with Gasteiger partial charge in [-0.15, -0.1) is 23.5 Å². The molecule has 0 spiro atoms. The van der Waals surface area contributed by atoms with E-state index in [0.29, 0.717) is 0 Å².